The van der Waals surface area contributed by atoms with Crippen molar-refractivity contribution in [3.05, 3.63) is 97.3 Å². The van der Waals surface area contributed by atoms with Crippen molar-refractivity contribution in [2.75, 3.05) is 18.0 Å². The molecule has 0 amide bonds. The van der Waals surface area contributed by atoms with Crippen molar-refractivity contribution in [1.82, 2.24) is 9.55 Å². The Kier molecular flexibility index (Phi) is 7.17. The van der Waals surface area contributed by atoms with Crippen LogP contribution in [0.4, 0.5) is 5.69 Å². The van der Waals surface area contributed by atoms with E-state index in [1.54, 1.807) is 0 Å². The Morgan fingerprint density at radius 3 is 1.97 bits per heavy atom. The molecule has 0 saturated heterocycles. The third-order valence-corrected chi connectivity index (χ3v) is 5.76. The molecular formula is C28H31N3. The number of anilines is 1. The van der Waals surface area contributed by atoms with Gasteiger partial charge in [0.1, 0.15) is 0 Å². The highest BCUT2D eigenvalue weighted by Gasteiger charge is 2.14. The van der Waals surface area contributed by atoms with Gasteiger partial charge in [0.05, 0.1) is 17.7 Å². The summed E-state index contributed by atoms with van der Waals surface area (Å²) in [6.07, 6.45) is 5.56. The summed E-state index contributed by atoms with van der Waals surface area (Å²) in [6.45, 7) is 5.37. The van der Waals surface area contributed by atoms with Gasteiger partial charge >= 0.3 is 0 Å². The average molecular weight is 410 g/mol. The second-order valence-corrected chi connectivity index (χ2v) is 7.84. The van der Waals surface area contributed by atoms with Crippen LogP contribution in [0.25, 0.3) is 22.5 Å². The van der Waals surface area contributed by atoms with Crippen LogP contribution in [-0.2, 0) is 6.54 Å². The summed E-state index contributed by atoms with van der Waals surface area (Å²) < 4.78 is 2.33. The van der Waals surface area contributed by atoms with Gasteiger partial charge in [-0.2, -0.15) is 0 Å². The Hall–Kier alpha value is -3.33. The first kappa shape index (κ1) is 20.9. The maximum absolute atomic E-state index is 4.80. The van der Waals surface area contributed by atoms with E-state index in [1.807, 2.05) is 6.33 Å². The number of unbranched alkanes of at least 4 members (excludes halogenated alkanes) is 2. The van der Waals surface area contributed by atoms with Crippen molar-refractivity contribution in [2.45, 2.75) is 32.7 Å². The fourth-order valence-corrected chi connectivity index (χ4v) is 4.13. The number of rotatable bonds is 10. The number of para-hydroxylation sites is 1. The minimum absolute atomic E-state index is 0.988. The molecule has 3 heteroatoms. The second kappa shape index (κ2) is 10.6. The molecule has 158 valence electrons. The monoisotopic (exact) mass is 409 g/mol. The molecule has 0 bridgehead atoms. The molecule has 3 aromatic carbocycles. The van der Waals surface area contributed by atoms with Crippen molar-refractivity contribution < 1.29 is 0 Å². The molecule has 4 aromatic rings. The van der Waals surface area contributed by atoms with Crippen molar-refractivity contribution in [3.63, 3.8) is 0 Å². The van der Waals surface area contributed by atoms with Crippen LogP contribution in [0, 0.1) is 0 Å². The minimum Gasteiger partial charge on any atom is -0.372 e. The maximum atomic E-state index is 4.80. The molecule has 1 heterocycles. The highest BCUT2D eigenvalue weighted by molar-refractivity contribution is 5.78. The molecule has 0 unspecified atom stereocenters. The predicted molar refractivity (Wildman–Crippen MR) is 131 cm³/mol. The predicted octanol–water partition coefficient (Wildman–Crippen LogP) is 6.91. The van der Waals surface area contributed by atoms with E-state index in [4.69, 9.17) is 4.98 Å². The lowest BCUT2D eigenvalue weighted by Gasteiger charge is -2.23. The van der Waals surface area contributed by atoms with Crippen LogP contribution in [0.15, 0.2) is 97.3 Å². The summed E-state index contributed by atoms with van der Waals surface area (Å²) in [7, 11) is 0. The normalized spacial score (nSPS) is 10.9. The summed E-state index contributed by atoms with van der Waals surface area (Å²) in [4.78, 5) is 7.26. The lowest BCUT2D eigenvalue weighted by Crippen LogP contribution is -2.23. The summed E-state index contributed by atoms with van der Waals surface area (Å²) >= 11 is 0. The molecule has 31 heavy (non-hydrogen) atoms. The summed E-state index contributed by atoms with van der Waals surface area (Å²) in [5, 5.41) is 0. The lowest BCUT2D eigenvalue weighted by atomic mass is 10.0. The van der Waals surface area contributed by atoms with Crippen LogP contribution >= 0.6 is 0 Å². The Labute approximate surface area is 186 Å². The van der Waals surface area contributed by atoms with Crippen LogP contribution in [0.3, 0.4) is 0 Å². The molecule has 0 atom stereocenters. The summed E-state index contributed by atoms with van der Waals surface area (Å²) in [5.74, 6) is 0. The van der Waals surface area contributed by atoms with Crippen LogP contribution in [0.5, 0.6) is 0 Å². The van der Waals surface area contributed by atoms with Crippen molar-refractivity contribution in [2.24, 2.45) is 0 Å². The molecule has 0 aliphatic carbocycles. The number of imidazole rings is 1. The molecule has 0 fully saturated rings. The molecule has 0 N–H and O–H groups in total. The van der Waals surface area contributed by atoms with Crippen molar-refractivity contribution >= 4 is 5.69 Å². The molecular weight excluding hydrogens is 378 g/mol. The molecule has 0 aliphatic heterocycles. The van der Waals surface area contributed by atoms with E-state index in [9.17, 15) is 0 Å². The van der Waals surface area contributed by atoms with Gasteiger partial charge in [-0.25, -0.2) is 4.98 Å². The topological polar surface area (TPSA) is 21.1 Å². The van der Waals surface area contributed by atoms with E-state index in [2.05, 4.69) is 107 Å². The van der Waals surface area contributed by atoms with E-state index in [1.165, 1.54) is 35.3 Å². The van der Waals surface area contributed by atoms with Gasteiger partial charge in [0, 0.05) is 36.4 Å². The Bertz CT molecular complexity index is 1040. The third-order valence-electron chi connectivity index (χ3n) is 5.76. The zero-order valence-corrected chi connectivity index (χ0v) is 18.3. The first-order valence-electron chi connectivity index (χ1n) is 11.3. The number of benzene rings is 3. The highest BCUT2D eigenvalue weighted by Crippen LogP contribution is 2.31. The Morgan fingerprint density at radius 2 is 1.32 bits per heavy atom. The van der Waals surface area contributed by atoms with Gasteiger partial charge in [-0.05, 0) is 38.3 Å². The van der Waals surface area contributed by atoms with Crippen LogP contribution < -0.4 is 4.90 Å². The van der Waals surface area contributed by atoms with E-state index in [0.29, 0.717) is 0 Å². The highest BCUT2D eigenvalue weighted by atomic mass is 15.1. The average Bonchev–Trinajstić information content (AvgIpc) is 3.27. The molecule has 0 saturated carbocycles. The van der Waals surface area contributed by atoms with Gasteiger partial charge in [-0.3, -0.25) is 0 Å². The van der Waals surface area contributed by atoms with E-state index in [-0.39, 0.29) is 0 Å². The van der Waals surface area contributed by atoms with Gasteiger partial charge in [0.25, 0.3) is 0 Å². The SMILES string of the molecule is CCN(CCCCCn1cnc(-c2ccccc2)c1-c1ccccc1)c1ccccc1. The zero-order valence-electron chi connectivity index (χ0n) is 18.3. The number of nitrogens with zero attached hydrogens (tertiary/aromatic N) is 3. The fourth-order valence-electron chi connectivity index (χ4n) is 4.13. The first-order valence-corrected chi connectivity index (χ1v) is 11.3. The van der Waals surface area contributed by atoms with Gasteiger partial charge in [0.2, 0.25) is 0 Å². The van der Waals surface area contributed by atoms with E-state index >= 15 is 0 Å². The number of aromatic nitrogens is 2. The zero-order chi connectivity index (χ0) is 21.3. The van der Waals surface area contributed by atoms with E-state index in [0.717, 1.165) is 31.7 Å². The molecule has 3 nitrogen and oxygen atoms in total. The number of aryl methyl sites for hydroxylation is 1. The molecule has 1 aromatic heterocycles. The maximum Gasteiger partial charge on any atom is 0.0963 e. The quantitative estimate of drug-likeness (QED) is 0.265. The van der Waals surface area contributed by atoms with Gasteiger partial charge < -0.3 is 9.47 Å². The third kappa shape index (κ3) is 5.24. The molecule has 4 rings (SSSR count). The lowest BCUT2D eigenvalue weighted by molar-refractivity contribution is 0.585. The van der Waals surface area contributed by atoms with Crippen molar-refractivity contribution in [1.29, 1.82) is 0 Å². The molecule has 0 spiro atoms. The van der Waals surface area contributed by atoms with Gasteiger partial charge in [-0.15, -0.1) is 0 Å². The van der Waals surface area contributed by atoms with Crippen LogP contribution in [-0.4, -0.2) is 22.6 Å². The largest absolute Gasteiger partial charge is 0.372 e. The number of hydrogen-bond acceptors (Lipinski definition) is 2. The summed E-state index contributed by atoms with van der Waals surface area (Å²) in [5.41, 5.74) is 5.99. The van der Waals surface area contributed by atoms with Crippen LogP contribution in [0.1, 0.15) is 26.2 Å². The Balaban J connectivity index is 1.41. The molecule has 0 aliphatic rings. The second-order valence-electron chi connectivity index (χ2n) is 7.84. The number of hydrogen-bond donors (Lipinski definition) is 0. The van der Waals surface area contributed by atoms with Gasteiger partial charge in [-0.1, -0.05) is 78.9 Å². The van der Waals surface area contributed by atoms with Crippen molar-refractivity contribution in [3.8, 4) is 22.5 Å². The Morgan fingerprint density at radius 1 is 0.710 bits per heavy atom. The fraction of sp³-hybridized carbons (Fsp3) is 0.250. The standard InChI is InChI=1S/C28H31N3/c1-2-30(26-19-11-5-12-20-26)21-13-6-14-22-31-23-29-27(24-15-7-3-8-16-24)28(31)25-17-9-4-10-18-25/h3-5,7-12,15-20,23H,2,6,13-14,21-22H2,1H3. The minimum atomic E-state index is 0.988. The molecule has 0 radical (unpaired) electrons. The summed E-state index contributed by atoms with van der Waals surface area (Å²) in [6, 6.07) is 31.8. The van der Waals surface area contributed by atoms with Gasteiger partial charge in [0.15, 0.2) is 0 Å². The van der Waals surface area contributed by atoms with E-state index < -0.39 is 0 Å². The smallest absolute Gasteiger partial charge is 0.0963 e. The first-order chi connectivity index (χ1) is 15.4. The van der Waals surface area contributed by atoms with Crippen LogP contribution in [0.2, 0.25) is 0 Å².